The van der Waals surface area contributed by atoms with Crippen LogP contribution in [0.4, 0.5) is 5.69 Å². The zero-order chi connectivity index (χ0) is 15.5. The van der Waals surface area contributed by atoms with Gasteiger partial charge in [0.2, 0.25) is 0 Å². The Morgan fingerprint density at radius 3 is 2.73 bits per heavy atom. The van der Waals surface area contributed by atoms with Crippen LogP contribution < -0.4 is 15.5 Å². The van der Waals surface area contributed by atoms with E-state index >= 15 is 0 Å². The molecule has 0 fully saturated rings. The number of para-hydroxylation sites is 1. The van der Waals surface area contributed by atoms with Crippen molar-refractivity contribution >= 4 is 22.6 Å². The molecule has 110 valence electrons. The van der Waals surface area contributed by atoms with Crippen molar-refractivity contribution in [3.63, 3.8) is 0 Å². The molecule has 0 saturated heterocycles. The van der Waals surface area contributed by atoms with Gasteiger partial charge in [0, 0.05) is 17.8 Å². The minimum atomic E-state index is -0.490. The molecule has 0 aliphatic rings. The third-order valence-corrected chi connectivity index (χ3v) is 3.19. The Morgan fingerprint density at radius 2 is 1.91 bits per heavy atom. The van der Waals surface area contributed by atoms with Crippen molar-refractivity contribution in [3.8, 4) is 5.75 Å². The maximum Gasteiger partial charge on any atom is 0.291 e. The van der Waals surface area contributed by atoms with E-state index in [0.29, 0.717) is 22.4 Å². The normalized spacial score (nSPS) is 10.4. The first-order valence-electron chi connectivity index (χ1n) is 6.65. The lowest BCUT2D eigenvalue weighted by atomic mass is 10.2. The molecular formula is C17H13NO4. The first-order chi connectivity index (χ1) is 10.7. The highest BCUT2D eigenvalue weighted by Crippen LogP contribution is 2.18. The van der Waals surface area contributed by atoms with Crippen LogP contribution in [-0.2, 0) is 0 Å². The average Bonchev–Trinajstić information content (AvgIpc) is 2.55. The molecule has 0 saturated carbocycles. The molecule has 1 heterocycles. The van der Waals surface area contributed by atoms with Gasteiger partial charge in [0.05, 0.1) is 12.5 Å². The molecule has 1 amide bonds. The summed E-state index contributed by atoms with van der Waals surface area (Å²) in [6, 6.07) is 14.9. The molecule has 0 aliphatic heterocycles. The van der Waals surface area contributed by atoms with Crippen molar-refractivity contribution in [3.05, 3.63) is 70.6 Å². The third-order valence-electron chi connectivity index (χ3n) is 3.19. The van der Waals surface area contributed by atoms with Crippen LogP contribution in [0.5, 0.6) is 5.75 Å². The Morgan fingerprint density at radius 1 is 1.09 bits per heavy atom. The van der Waals surface area contributed by atoms with E-state index in [0.717, 1.165) is 0 Å². The number of hydrogen-bond acceptors (Lipinski definition) is 4. The smallest absolute Gasteiger partial charge is 0.291 e. The van der Waals surface area contributed by atoms with Crippen molar-refractivity contribution in [1.82, 2.24) is 0 Å². The number of nitrogens with one attached hydrogen (secondary N) is 1. The van der Waals surface area contributed by atoms with E-state index in [1.165, 1.54) is 6.07 Å². The highest BCUT2D eigenvalue weighted by molar-refractivity contribution is 6.03. The van der Waals surface area contributed by atoms with Gasteiger partial charge in [0.15, 0.2) is 11.2 Å². The number of amides is 1. The Hall–Kier alpha value is -3.08. The van der Waals surface area contributed by atoms with Gasteiger partial charge in [-0.1, -0.05) is 18.2 Å². The maximum atomic E-state index is 12.2. The van der Waals surface area contributed by atoms with E-state index in [1.54, 1.807) is 55.6 Å². The first kappa shape index (κ1) is 13.9. The van der Waals surface area contributed by atoms with Crippen LogP contribution in [0.15, 0.2) is 63.8 Å². The van der Waals surface area contributed by atoms with Crippen molar-refractivity contribution in [2.24, 2.45) is 0 Å². The minimum Gasteiger partial charge on any atom is -0.497 e. The number of rotatable bonds is 3. The van der Waals surface area contributed by atoms with Crippen LogP contribution in [0.2, 0.25) is 0 Å². The van der Waals surface area contributed by atoms with Crippen molar-refractivity contribution < 1.29 is 13.9 Å². The zero-order valence-electron chi connectivity index (χ0n) is 11.8. The van der Waals surface area contributed by atoms with E-state index in [9.17, 15) is 9.59 Å². The zero-order valence-corrected chi connectivity index (χ0v) is 11.8. The second-order valence-corrected chi connectivity index (χ2v) is 4.66. The van der Waals surface area contributed by atoms with Gasteiger partial charge < -0.3 is 14.5 Å². The molecule has 3 rings (SSSR count). The molecule has 0 atom stereocenters. The Balaban J connectivity index is 1.93. The minimum absolute atomic E-state index is 0.0356. The summed E-state index contributed by atoms with van der Waals surface area (Å²) in [6.45, 7) is 0. The lowest BCUT2D eigenvalue weighted by Gasteiger charge is -2.07. The Kier molecular flexibility index (Phi) is 3.62. The standard InChI is InChI=1S/C17H13NO4/c1-21-12-6-4-5-11(9-12)18-17(20)16-10-14(19)13-7-2-3-8-15(13)22-16/h2-10H,1H3,(H,18,20). The fourth-order valence-corrected chi connectivity index (χ4v) is 2.11. The van der Waals surface area contributed by atoms with E-state index < -0.39 is 5.91 Å². The second kappa shape index (κ2) is 5.73. The maximum absolute atomic E-state index is 12.2. The van der Waals surface area contributed by atoms with Crippen LogP contribution in [-0.4, -0.2) is 13.0 Å². The Labute approximate surface area is 126 Å². The molecule has 0 aliphatic carbocycles. The number of ether oxygens (including phenoxy) is 1. The number of carbonyl (C=O) groups is 1. The average molecular weight is 295 g/mol. The quantitative estimate of drug-likeness (QED) is 0.806. The second-order valence-electron chi connectivity index (χ2n) is 4.66. The van der Waals surface area contributed by atoms with Gasteiger partial charge in [-0.2, -0.15) is 0 Å². The summed E-state index contributed by atoms with van der Waals surface area (Å²) in [5.74, 6) is 0.0976. The van der Waals surface area contributed by atoms with Gasteiger partial charge >= 0.3 is 0 Å². The molecular weight excluding hydrogens is 282 g/mol. The summed E-state index contributed by atoms with van der Waals surface area (Å²) in [5.41, 5.74) is 0.684. The number of anilines is 1. The summed E-state index contributed by atoms with van der Waals surface area (Å²) in [4.78, 5) is 24.2. The molecule has 0 radical (unpaired) electrons. The molecule has 5 nitrogen and oxygen atoms in total. The van der Waals surface area contributed by atoms with Gasteiger partial charge in [0.25, 0.3) is 5.91 Å². The molecule has 1 aromatic heterocycles. The van der Waals surface area contributed by atoms with E-state index in [4.69, 9.17) is 9.15 Å². The summed E-state index contributed by atoms with van der Waals surface area (Å²) >= 11 is 0. The largest absolute Gasteiger partial charge is 0.497 e. The number of methoxy groups -OCH3 is 1. The third kappa shape index (κ3) is 2.69. The predicted octanol–water partition coefficient (Wildman–Crippen LogP) is 3.05. The van der Waals surface area contributed by atoms with Gasteiger partial charge in [-0.3, -0.25) is 9.59 Å². The highest BCUT2D eigenvalue weighted by atomic mass is 16.5. The summed E-state index contributed by atoms with van der Waals surface area (Å²) < 4.78 is 10.6. The molecule has 0 spiro atoms. The predicted molar refractivity (Wildman–Crippen MR) is 83.4 cm³/mol. The van der Waals surface area contributed by atoms with Gasteiger partial charge in [-0.05, 0) is 24.3 Å². The van der Waals surface area contributed by atoms with Crippen LogP contribution in [0.25, 0.3) is 11.0 Å². The molecule has 0 unspecified atom stereocenters. The van der Waals surface area contributed by atoms with Gasteiger partial charge in [0.1, 0.15) is 11.3 Å². The lowest BCUT2D eigenvalue weighted by molar-refractivity contribution is 0.0997. The summed E-state index contributed by atoms with van der Waals surface area (Å²) in [7, 11) is 1.54. The fraction of sp³-hybridized carbons (Fsp3) is 0.0588. The van der Waals surface area contributed by atoms with Crippen LogP contribution >= 0.6 is 0 Å². The molecule has 3 aromatic rings. The first-order valence-corrected chi connectivity index (χ1v) is 6.65. The monoisotopic (exact) mass is 295 g/mol. The number of benzene rings is 2. The van der Waals surface area contributed by atoms with Crippen molar-refractivity contribution in [1.29, 1.82) is 0 Å². The summed E-state index contributed by atoms with van der Waals surface area (Å²) in [5, 5.41) is 3.12. The molecule has 0 bridgehead atoms. The number of carbonyl (C=O) groups excluding carboxylic acids is 1. The van der Waals surface area contributed by atoms with Crippen LogP contribution in [0.1, 0.15) is 10.6 Å². The lowest BCUT2D eigenvalue weighted by Crippen LogP contribution is -2.14. The van der Waals surface area contributed by atoms with E-state index in [-0.39, 0.29) is 11.2 Å². The summed E-state index contributed by atoms with van der Waals surface area (Å²) in [6.07, 6.45) is 0. The van der Waals surface area contributed by atoms with Crippen molar-refractivity contribution in [2.45, 2.75) is 0 Å². The van der Waals surface area contributed by atoms with Gasteiger partial charge in [-0.25, -0.2) is 0 Å². The van der Waals surface area contributed by atoms with Crippen LogP contribution in [0, 0.1) is 0 Å². The molecule has 5 heteroatoms. The fourth-order valence-electron chi connectivity index (χ4n) is 2.11. The van der Waals surface area contributed by atoms with Crippen LogP contribution in [0.3, 0.4) is 0 Å². The number of hydrogen-bond donors (Lipinski definition) is 1. The molecule has 2 aromatic carbocycles. The molecule has 22 heavy (non-hydrogen) atoms. The van der Waals surface area contributed by atoms with Gasteiger partial charge in [-0.15, -0.1) is 0 Å². The Bertz CT molecular complexity index is 898. The number of fused-ring (bicyclic) bond motifs is 1. The topological polar surface area (TPSA) is 68.5 Å². The van der Waals surface area contributed by atoms with E-state index in [2.05, 4.69) is 5.32 Å². The highest BCUT2D eigenvalue weighted by Gasteiger charge is 2.12. The van der Waals surface area contributed by atoms with Crippen molar-refractivity contribution in [2.75, 3.05) is 12.4 Å². The SMILES string of the molecule is COc1cccc(NC(=O)c2cc(=O)c3ccccc3o2)c1. The van der Waals surface area contributed by atoms with E-state index in [1.807, 2.05) is 0 Å². The molecule has 1 N–H and O–H groups in total.